The summed E-state index contributed by atoms with van der Waals surface area (Å²) in [6.45, 7) is 4.20. The Morgan fingerprint density at radius 2 is 1.65 bits per heavy atom. The van der Waals surface area contributed by atoms with Gasteiger partial charge in [-0.1, -0.05) is 48.5 Å². The standard InChI is InChI=1S/C21H25NO4/c1-15-8-7-9-16(2)18(15)12-19(21(24)25-3)22-20(23)14-26-13-17-10-5-4-6-11-17/h4-11,19H,12-14H2,1-3H3,(H,22,23)/t19-/m0/s1. The van der Waals surface area contributed by atoms with Crippen LogP contribution < -0.4 is 5.32 Å². The van der Waals surface area contributed by atoms with E-state index in [1.165, 1.54) is 7.11 Å². The van der Waals surface area contributed by atoms with Crippen LogP contribution in [-0.2, 0) is 32.1 Å². The van der Waals surface area contributed by atoms with Crippen LogP contribution in [0.4, 0.5) is 0 Å². The number of carbonyl (C=O) groups is 2. The number of rotatable bonds is 8. The summed E-state index contributed by atoms with van der Waals surface area (Å²) in [6, 6.07) is 14.8. The molecule has 0 bridgehead atoms. The molecule has 2 rings (SSSR count). The fourth-order valence-electron chi connectivity index (χ4n) is 2.78. The highest BCUT2D eigenvalue weighted by molar-refractivity contribution is 5.85. The third kappa shape index (κ3) is 5.70. The van der Waals surface area contributed by atoms with Crippen molar-refractivity contribution >= 4 is 11.9 Å². The molecule has 0 aliphatic heterocycles. The highest BCUT2D eigenvalue weighted by Crippen LogP contribution is 2.16. The molecule has 0 spiro atoms. The quantitative estimate of drug-likeness (QED) is 0.740. The monoisotopic (exact) mass is 355 g/mol. The number of nitrogens with one attached hydrogen (secondary N) is 1. The van der Waals surface area contributed by atoms with Crippen molar-refractivity contribution in [3.8, 4) is 0 Å². The van der Waals surface area contributed by atoms with Crippen molar-refractivity contribution in [1.82, 2.24) is 5.32 Å². The van der Waals surface area contributed by atoms with E-state index in [1.54, 1.807) is 0 Å². The maximum atomic E-state index is 12.2. The molecule has 0 saturated heterocycles. The summed E-state index contributed by atoms with van der Waals surface area (Å²) in [5.41, 5.74) is 4.18. The van der Waals surface area contributed by atoms with Gasteiger partial charge < -0.3 is 14.8 Å². The normalized spacial score (nSPS) is 11.7. The zero-order valence-electron chi connectivity index (χ0n) is 15.5. The predicted molar refractivity (Wildman–Crippen MR) is 99.7 cm³/mol. The minimum atomic E-state index is -0.743. The number of hydrogen-bond donors (Lipinski definition) is 1. The number of ether oxygens (including phenoxy) is 2. The van der Waals surface area contributed by atoms with Crippen molar-refractivity contribution < 1.29 is 19.1 Å². The molecule has 0 heterocycles. The third-order valence-electron chi connectivity index (χ3n) is 4.22. The molecule has 2 aromatic carbocycles. The van der Waals surface area contributed by atoms with Gasteiger partial charge in [0.15, 0.2) is 0 Å². The van der Waals surface area contributed by atoms with Crippen LogP contribution in [0.2, 0.25) is 0 Å². The molecule has 5 heteroatoms. The van der Waals surface area contributed by atoms with Crippen LogP contribution in [0, 0.1) is 13.8 Å². The minimum absolute atomic E-state index is 0.116. The fraction of sp³-hybridized carbons (Fsp3) is 0.333. The van der Waals surface area contributed by atoms with Gasteiger partial charge in [-0.15, -0.1) is 0 Å². The predicted octanol–water partition coefficient (Wildman–Crippen LogP) is 2.72. The van der Waals surface area contributed by atoms with E-state index in [2.05, 4.69) is 5.32 Å². The van der Waals surface area contributed by atoms with Crippen molar-refractivity contribution in [3.63, 3.8) is 0 Å². The molecule has 0 unspecified atom stereocenters. The van der Waals surface area contributed by atoms with Crippen molar-refractivity contribution in [1.29, 1.82) is 0 Å². The molecule has 1 amide bonds. The van der Waals surface area contributed by atoms with Crippen molar-refractivity contribution in [3.05, 3.63) is 70.8 Å². The van der Waals surface area contributed by atoms with E-state index in [9.17, 15) is 9.59 Å². The fourth-order valence-corrected chi connectivity index (χ4v) is 2.78. The molecule has 0 radical (unpaired) electrons. The lowest BCUT2D eigenvalue weighted by Crippen LogP contribution is -2.44. The zero-order valence-corrected chi connectivity index (χ0v) is 15.5. The average molecular weight is 355 g/mol. The molecular formula is C21H25NO4. The van der Waals surface area contributed by atoms with Gasteiger partial charge in [0.05, 0.1) is 13.7 Å². The smallest absolute Gasteiger partial charge is 0.328 e. The molecule has 0 fully saturated rings. The summed E-state index contributed by atoms with van der Waals surface area (Å²) in [5, 5.41) is 2.72. The molecule has 0 saturated carbocycles. The van der Waals surface area contributed by atoms with Crippen LogP contribution in [0.5, 0.6) is 0 Å². The first-order valence-electron chi connectivity index (χ1n) is 8.55. The summed E-state index contributed by atoms with van der Waals surface area (Å²) in [5.74, 6) is -0.813. The van der Waals surface area contributed by atoms with Crippen LogP contribution in [0.3, 0.4) is 0 Å². The molecule has 5 nitrogen and oxygen atoms in total. The maximum absolute atomic E-state index is 12.2. The molecule has 0 aliphatic carbocycles. The second-order valence-corrected chi connectivity index (χ2v) is 6.20. The molecule has 0 aromatic heterocycles. The van der Waals surface area contributed by atoms with Gasteiger partial charge in [-0.2, -0.15) is 0 Å². The topological polar surface area (TPSA) is 64.6 Å². The summed E-state index contributed by atoms with van der Waals surface area (Å²) in [6.07, 6.45) is 0.385. The highest BCUT2D eigenvalue weighted by atomic mass is 16.5. The van der Waals surface area contributed by atoms with Crippen molar-refractivity contribution in [2.24, 2.45) is 0 Å². The summed E-state index contributed by atoms with van der Waals surface area (Å²) in [7, 11) is 1.32. The molecule has 2 aromatic rings. The number of hydrogen-bond acceptors (Lipinski definition) is 4. The largest absolute Gasteiger partial charge is 0.467 e. The van der Waals surface area contributed by atoms with Gasteiger partial charge in [-0.05, 0) is 36.1 Å². The molecule has 26 heavy (non-hydrogen) atoms. The van der Waals surface area contributed by atoms with Gasteiger partial charge in [0, 0.05) is 6.42 Å². The van der Waals surface area contributed by atoms with E-state index < -0.39 is 12.0 Å². The number of aryl methyl sites for hydroxylation is 2. The Morgan fingerprint density at radius 1 is 1.00 bits per heavy atom. The Bertz CT molecular complexity index is 723. The van der Waals surface area contributed by atoms with E-state index in [1.807, 2.05) is 62.4 Å². The zero-order chi connectivity index (χ0) is 18.9. The average Bonchev–Trinajstić information content (AvgIpc) is 2.64. The van der Waals surface area contributed by atoms with Gasteiger partial charge >= 0.3 is 5.97 Å². The third-order valence-corrected chi connectivity index (χ3v) is 4.22. The Balaban J connectivity index is 1.94. The van der Waals surface area contributed by atoms with E-state index in [0.29, 0.717) is 13.0 Å². The SMILES string of the molecule is COC(=O)[C@H](Cc1c(C)cccc1C)NC(=O)COCc1ccccc1. The van der Waals surface area contributed by atoms with E-state index in [0.717, 1.165) is 22.3 Å². The van der Waals surface area contributed by atoms with Gasteiger partial charge in [-0.25, -0.2) is 4.79 Å². The van der Waals surface area contributed by atoms with Gasteiger partial charge in [0.1, 0.15) is 12.6 Å². The van der Waals surface area contributed by atoms with Gasteiger partial charge in [-0.3, -0.25) is 4.79 Å². The van der Waals surface area contributed by atoms with E-state index in [4.69, 9.17) is 9.47 Å². The second kappa shape index (κ2) is 9.73. The number of esters is 1. The lowest BCUT2D eigenvalue weighted by atomic mass is 9.96. The first-order valence-corrected chi connectivity index (χ1v) is 8.55. The minimum Gasteiger partial charge on any atom is -0.467 e. The lowest BCUT2D eigenvalue weighted by molar-refractivity contribution is -0.145. The number of methoxy groups -OCH3 is 1. The van der Waals surface area contributed by atoms with Crippen LogP contribution in [0.1, 0.15) is 22.3 Å². The molecule has 1 atom stereocenters. The van der Waals surface area contributed by atoms with Crippen LogP contribution in [0.15, 0.2) is 48.5 Å². The Hall–Kier alpha value is -2.66. The molecule has 0 aliphatic rings. The molecule has 138 valence electrons. The number of benzene rings is 2. The van der Waals surface area contributed by atoms with Crippen molar-refractivity contribution in [2.75, 3.05) is 13.7 Å². The molecular weight excluding hydrogens is 330 g/mol. The van der Waals surface area contributed by atoms with Crippen molar-refractivity contribution in [2.45, 2.75) is 32.9 Å². The lowest BCUT2D eigenvalue weighted by Gasteiger charge is -2.19. The van der Waals surface area contributed by atoms with Gasteiger partial charge in [0.25, 0.3) is 0 Å². The Labute approximate surface area is 154 Å². The maximum Gasteiger partial charge on any atom is 0.328 e. The summed E-state index contributed by atoms with van der Waals surface area (Å²) < 4.78 is 10.3. The van der Waals surface area contributed by atoms with Crippen LogP contribution >= 0.6 is 0 Å². The first-order chi connectivity index (χ1) is 12.5. The summed E-state index contributed by atoms with van der Waals surface area (Å²) >= 11 is 0. The van der Waals surface area contributed by atoms with Crippen LogP contribution in [-0.4, -0.2) is 31.6 Å². The highest BCUT2D eigenvalue weighted by Gasteiger charge is 2.23. The molecule has 1 N–H and O–H groups in total. The van der Waals surface area contributed by atoms with E-state index in [-0.39, 0.29) is 12.5 Å². The number of carbonyl (C=O) groups excluding carboxylic acids is 2. The van der Waals surface area contributed by atoms with Gasteiger partial charge in [0.2, 0.25) is 5.91 Å². The first kappa shape index (κ1) is 19.7. The second-order valence-electron chi connectivity index (χ2n) is 6.20. The Morgan fingerprint density at radius 3 is 2.27 bits per heavy atom. The Kier molecular flexibility index (Phi) is 7.36. The summed E-state index contributed by atoms with van der Waals surface area (Å²) in [4.78, 5) is 24.3. The van der Waals surface area contributed by atoms with E-state index >= 15 is 0 Å². The van der Waals surface area contributed by atoms with Crippen LogP contribution in [0.25, 0.3) is 0 Å². The number of amides is 1.